The number of aliphatic hydroxyl groups is 1. The zero-order valence-electron chi connectivity index (χ0n) is 47.4. The molecule has 6 saturated heterocycles. The molecule has 2 bridgehead atoms. The molecule has 10 heterocycles. The van der Waals surface area contributed by atoms with Crippen molar-refractivity contribution in [1.82, 2.24) is 45.5 Å². The van der Waals surface area contributed by atoms with E-state index in [-0.39, 0.29) is 47.8 Å². The van der Waals surface area contributed by atoms with Crippen LogP contribution in [0.5, 0.6) is 5.75 Å². The predicted octanol–water partition coefficient (Wildman–Crippen LogP) is 9.06. The highest BCUT2D eigenvalue weighted by Gasteiger charge is 2.43. The van der Waals surface area contributed by atoms with Crippen molar-refractivity contribution >= 4 is 68.0 Å². The molecule has 0 aliphatic carbocycles. The van der Waals surface area contributed by atoms with Gasteiger partial charge in [0.1, 0.15) is 28.8 Å². The van der Waals surface area contributed by atoms with Crippen LogP contribution >= 0.6 is 11.3 Å². The number of carbonyl (C=O) groups is 2. The van der Waals surface area contributed by atoms with Crippen molar-refractivity contribution in [3.05, 3.63) is 106 Å². The molecule has 6 aliphatic rings. The Bertz CT molecular complexity index is 3580. The highest BCUT2D eigenvalue weighted by molar-refractivity contribution is 7.13. The van der Waals surface area contributed by atoms with Crippen LogP contribution in [0.2, 0.25) is 0 Å². The molecule has 2 unspecified atom stereocenters. The SMILES string of the molecule is CCc1cccc2cc(O)cc(-c3ncc4c(N5CC6CCC(C5)N6)nc(N5CC[C@H](N6CCC(CC7CN(c8cc(C(C(=O)N9C[C@H](O)C[C@H]9C(=O)N[C@@H](C)c9ccc(-c%10scnc%10C)cc9)=C(C)C)on8)C7)CC6)C5)nc4c3F)c12. The number of pyridine rings is 1. The number of rotatable bonds is 14. The first-order valence-electron chi connectivity index (χ1n) is 29.5. The minimum atomic E-state index is -0.845. The van der Waals surface area contributed by atoms with E-state index >= 15 is 4.39 Å². The van der Waals surface area contributed by atoms with Gasteiger partial charge in [-0.2, -0.15) is 4.98 Å². The molecule has 7 aromatic rings. The minimum absolute atomic E-state index is 0.0419. The summed E-state index contributed by atoms with van der Waals surface area (Å²) in [6.45, 7) is 16.7. The van der Waals surface area contributed by atoms with Gasteiger partial charge in [0.15, 0.2) is 17.4 Å². The lowest BCUT2D eigenvalue weighted by Gasteiger charge is -2.43. The molecule has 2 amide bonds. The first-order chi connectivity index (χ1) is 39.7. The quantitative estimate of drug-likeness (QED) is 0.0754. The topological polar surface area (TPSA) is 192 Å². The van der Waals surface area contributed by atoms with E-state index in [1.807, 2.05) is 75.7 Å². The number of likely N-dealkylation sites (tertiary alicyclic amines) is 2. The number of hydrogen-bond donors (Lipinski definition) is 4. The number of carbonyl (C=O) groups excluding carboxylic acids is 2. The fourth-order valence-electron chi connectivity index (χ4n) is 14.1. The molecule has 17 nitrogen and oxygen atoms in total. The van der Waals surface area contributed by atoms with E-state index in [0.29, 0.717) is 64.0 Å². The predicted molar refractivity (Wildman–Crippen MR) is 318 cm³/mol. The van der Waals surface area contributed by atoms with Gasteiger partial charge in [-0.3, -0.25) is 19.5 Å². The number of amides is 2. The van der Waals surface area contributed by atoms with Crippen LogP contribution in [0.4, 0.5) is 22.0 Å². The highest BCUT2D eigenvalue weighted by atomic mass is 32.1. The van der Waals surface area contributed by atoms with Gasteiger partial charge >= 0.3 is 0 Å². The third kappa shape index (κ3) is 10.4. The summed E-state index contributed by atoms with van der Waals surface area (Å²) in [6.07, 6.45) is 8.41. The summed E-state index contributed by atoms with van der Waals surface area (Å²) in [5.41, 5.74) is 7.98. The third-order valence-corrected chi connectivity index (χ3v) is 19.5. The van der Waals surface area contributed by atoms with E-state index in [0.717, 1.165) is 147 Å². The lowest BCUT2D eigenvalue weighted by atomic mass is 9.83. The Morgan fingerprint density at radius 3 is 2.40 bits per heavy atom. The molecule has 0 radical (unpaired) electrons. The number of nitrogens with one attached hydrogen (secondary N) is 2. The van der Waals surface area contributed by atoms with Gasteiger partial charge in [-0.05, 0) is 137 Å². The maximum Gasteiger partial charge on any atom is 0.258 e. The van der Waals surface area contributed by atoms with Gasteiger partial charge in [-0.25, -0.2) is 14.4 Å². The molecular formula is C63H73FN12O5S. The van der Waals surface area contributed by atoms with Crippen LogP contribution in [-0.4, -0.2) is 146 Å². The molecular weight excluding hydrogens is 1060 g/mol. The molecule has 0 saturated carbocycles. The second-order valence-corrected chi connectivity index (χ2v) is 25.1. The van der Waals surface area contributed by atoms with Gasteiger partial charge in [0.25, 0.3) is 5.91 Å². The zero-order valence-corrected chi connectivity index (χ0v) is 48.3. The number of aromatic hydroxyl groups is 1. The monoisotopic (exact) mass is 1130 g/mol. The number of aliphatic hydroxyl groups excluding tert-OH is 1. The fourth-order valence-corrected chi connectivity index (χ4v) is 14.9. The lowest BCUT2D eigenvalue weighted by molar-refractivity contribution is -0.135. The van der Waals surface area contributed by atoms with E-state index in [1.165, 1.54) is 4.90 Å². The second-order valence-electron chi connectivity index (χ2n) is 24.2. The van der Waals surface area contributed by atoms with Gasteiger partial charge in [0, 0.05) is 88.2 Å². The van der Waals surface area contributed by atoms with Crippen LogP contribution in [0, 0.1) is 24.6 Å². The van der Waals surface area contributed by atoms with Crippen LogP contribution in [0.1, 0.15) is 101 Å². The third-order valence-electron chi connectivity index (χ3n) is 18.5. The van der Waals surface area contributed by atoms with Gasteiger partial charge < -0.3 is 45.0 Å². The number of phenols is 1. The minimum Gasteiger partial charge on any atom is -0.508 e. The Labute approximate surface area is 481 Å². The Morgan fingerprint density at radius 1 is 0.890 bits per heavy atom. The Hall–Kier alpha value is -7.06. The van der Waals surface area contributed by atoms with E-state index in [2.05, 4.69) is 53.4 Å². The molecule has 3 aromatic carbocycles. The molecule has 4 N–H and O–H groups in total. The number of benzene rings is 3. The Kier molecular flexibility index (Phi) is 14.7. The van der Waals surface area contributed by atoms with Gasteiger partial charge in [0.05, 0.1) is 39.2 Å². The number of β-amino-alcohol motifs (C(OH)–C–C–N with tert-alkyl or cyclic N) is 1. The van der Waals surface area contributed by atoms with E-state index in [4.69, 9.17) is 19.5 Å². The van der Waals surface area contributed by atoms with Crippen molar-refractivity contribution in [3.63, 3.8) is 0 Å². The van der Waals surface area contributed by atoms with Crippen molar-refractivity contribution in [2.24, 2.45) is 11.8 Å². The van der Waals surface area contributed by atoms with E-state index < -0.39 is 18.0 Å². The summed E-state index contributed by atoms with van der Waals surface area (Å²) in [5.74, 6) is 2.38. The molecule has 0 spiro atoms. The maximum absolute atomic E-state index is 17.4. The highest BCUT2D eigenvalue weighted by Crippen LogP contribution is 2.41. The largest absolute Gasteiger partial charge is 0.508 e. The molecule has 82 heavy (non-hydrogen) atoms. The second kappa shape index (κ2) is 22.3. The summed E-state index contributed by atoms with van der Waals surface area (Å²) < 4.78 is 23.3. The maximum atomic E-state index is 17.4. The number of thiazole rings is 1. The molecule has 6 fully saturated rings. The van der Waals surface area contributed by atoms with Gasteiger partial charge in [-0.15, -0.1) is 11.3 Å². The number of aromatic nitrogens is 5. The number of hydrogen-bond acceptors (Lipinski definition) is 16. The van der Waals surface area contributed by atoms with Crippen LogP contribution in [-0.2, 0) is 16.0 Å². The smallest absolute Gasteiger partial charge is 0.258 e. The van der Waals surface area contributed by atoms with Crippen LogP contribution < -0.4 is 25.3 Å². The van der Waals surface area contributed by atoms with Gasteiger partial charge in [0.2, 0.25) is 11.9 Å². The molecule has 428 valence electrons. The average molecular weight is 1130 g/mol. The summed E-state index contributed by atoms with van der Waals surface area (Å²) >= 11 is 1.59. The number of fused-ring (bicyclic) bond motifs is 4. The zero-order chi connectivity index (χ0) is 56.5. The summed E-state index contributed by atoms with van der Waals surface area (Å²) in [7, 11) is 0. The van der Waals surface area contributed by atoms with Crippen LogP contribution in [0.3, 0.4) is 0 Å². The normalized spacial score (nSPS) is 22.8. The average Bonchev–Trinajstić information content (AvgIpc) is 4.47. The first-order valence-corrected chi connectivity index (χ1v) is 30.4. The van der Waals surface area contributed by atoms with Crippen LogP contribution in [0.15, 0.2) is 82.5 Å². The van der Waals surface area contributed by atoms with Gasteiger partial charge in [-0.1, -0.05) is 60.1 Å². The molecule has 4 aromatic heterocycles. The first kappa shape index (κ1) is 54.2. The number of nitrogens with zero attached hydrogens (tertiary/aromatic N) is 10. The van der Waals surface area contributed by atoms with E-state index in [9.17, 15) is 19.8 Å². The van der Waals surface area contributed by atoms with Crippen molar-refractivity contribution in [3.8, 4) is 27.4 Å². The standard InChI is InChI=1S/C63H73FN12O5S/c1-6-40-8-7-9-43-23-47(77)24-49(55(40)43)57-56(64)58-50(27-65-57)60(75-30-44-14-15-45(31-75)68-44)70-63(69-58)73-21-18-46(32-73)72-19-16-38(17-20-72)22-39-28-74(29-39)53-26-52(81-71-53)54(35(2)3)62(80)76-33-48(78)25-51(76)61(79)67-36(4)41-10-12-42(13-11-41)59-37(5)66-34-82-59/h7-13,23-24,26-27,34,36,38-39,44-46,48,51,68,77-78H,6,14-22,25,28-33H2,1-5H3,(H,67,79)/t36-,44?,45?,46-,48+,51-/m0/s1. The Balaban J connectivity index is 0.627. The number of halogens is 1. The van der Waals surface area contributed by atoms with Crippen molar-refractivity contribution in [2.45, 2.75) is 122 Å². The summed E-state index contributed by atoms with van der Waals surface area (Å²) in [5, 5.41) is 35.3. The number of piperidine rings is 1. The summed E-state index contributed by atoms with van der Waals surface area (Å²) in [6, 6.07) is 19.1. The van der Waals surface area contributed by atoms with Crippen LogP contribution in [0.25, 0.3) is 48.9 Å². The fraction of sp³-hybridized carbons (Fsp3) is 0.476. The Morgan fingerprint density at radius 2 is 1.67 bits per heavy atom. The molecule has 19 heteroatoms. The number of phenolic OH excluding ortho intramolecular Hbond substituents is 1. The molecule has 6 atom stereocenters. The number of aryl methyl sites for hydroxylation is 2. The number of allylic oxidation sites excluding steroid dienone is 1. The molecule has 13 rings (SSSR count). The van der Waals surface area contributed by atoms with Crippen molar-refractivity contribution in [2.75, 3.05) is 73.6 Å². The number of anilines is 3. The van der Waals surface area contributed by atoms with Crippen molar-refractivity contribution < 1.29 is 28.7 Å². The summed E-state index contributed by atoms with van der Waals surface area (Å²) in [4.78, 5) is 59.7. The van der Waals surface area contributed by atoms with Crippen molar-refractivity contribution in [1.29, 1.82) is 0 Å². The number of piperazine rings is 1. The molecule has 6 aliphatic heterocycles. The lowest BCUT2D eigenvalue weighted by Crippen LogP contribution is -2.51. The van der Waals surface area contributed by atoms with E-state index in [1.54, 1.807) is 29.7 Å².